The van der Waals surface area contributed by atoms with Gasteiger partial charge < -0.3 is 20.5 Å². The zero-order chi connectivity index (χ0) is 14.4. The van der Waals surface area contributed by atoms with Crippen LogP contribution in [-0.2, 0) is 0 Å². The summed E-state index contributed by atoms with van der Waals surface area (Å²) in [4.78, 5) is 22.4. The third-order valence-corrected chi connectivity index (χ3v) is 3.82. The highest BCUT2D eigenvalue weighted by atomic mass is 16.3. The van der Waals surface area contributed by atoms with Crippen molar-refractivity contribution >= 4 is 17.1 Å². The molecule has 0 bridgehead atoms. The minimum absolute atomic E-state index is 0.00580. The number of fused-ring (bicyclic) bond motifs is 1. The van der Waals surface area contributed by atoms with Crippen LogP contribution in [0.4, 0.5) is 5.95 Å². The first kappa shape index (κ1) is 12.8. The highest BCUT2D eigenvalue weighted by Gasteiger charge is 2.37. The number of hydrogen-bond donors (Lipinski definition) is 4. The molecule has 0 aromatic carbocycles. The van der Waals surface area contributed by atoms with Crippen LogP contribution >= 0.6 is 0 Å². The van der Waals surface area contributed by atoms with E-state index in [-0.39, 0.29) is 35.3 Å². The van der Waals surface area contributed by atoms with Crippen LogP contribution in [-0.4, -0.2) is 42.4 Å². The summed E-state index contributed by atoms with van der Waals surface area (Å²) in [5.74, 6) is -0.385. The average molecular weight is 277 g/mol. The van der Waals surface area contributed by atoms with Crippen LogP contribution in [0.3, 0.4) is 0 Å². The van der Waals surface area contributed by atoms with Gasteiger partial charge in [0.05, 0.1) is 25.1 Å². The Morgan fingerprint density at radius 1 is 1.60 bits per heavy atom. The Labute approximate surface area is 113 Å². The predicted octanol–water partition coefficient (Wildman–Crippen LogP) is -0.828. The maximum Gasteiger partial charge on any atom is 0.278 e. The molecule has 106 valence electrons. The first-order chi connectivity index (χ1) is 9.52. The molecule has 3 rings (SSSR count). The van der Waals surface area contributed by atoms with Gasteiger partial charge in [0.2, 0.25) is 5.95 Å². The fourth-order valence-electron chi connectivity index (χ4n) is 2.78. The second-order valence-corrected chi connectivity index (χ2v) is 4.96. The smallest absolute Gasteiger partial charge is 0.278 e. The number of nitrogen functional groups attached to an aromatic ring is 1. The molecule has 0 aliphatic heterocycles. The van der Waals surface area contributed by atoms with Gasteiger partial charge >= 0.3 is 0 Å². The van der Waals surface area contributed by atoms with Crippen LogP contribution in [0.5, 0.6) is 0 Å². The predicted molar refractivity (Wildman–Crippen MR) is 71.9 cm³/mol. The molecule has 8 nitrogen and oxygen atoms in total. The van der Waals surface area contributed by atoms with Gasteiger partial charge in [0.1, 0.15) is 0 Å². The number of aliphatic hydroxyl groups excluding tert-OH is 2. The summed E-state index contributed by atoms with van der Waals surface area (Å²) in [6.07, 6.45) is 1.17. The fraction of sp³-hybridized carbons (Fsp3) is 0.417. The number of nitrogens with zero attached hydrogens (tertiary/aromatic N) is 3. The van der Waals surface area contributed by atoms with Gasteiger partial charge in [0.25, 0.3) is 5.56 Å². The maximum absolute atomic E-state index is 12.0. The SMILES string of the molecule is C=C1[C@H](CO)[C@@H](O)C[C@@H]1n1cnc2nc(N)[nH]c(=O)c21. The van der Waals surface area contributed by atoms with Crippen molar-refractivity contribution in [3.8, 4) is 0 Å². The van der Waals surface area contributed by atoms with Gasteiger partial charge in [0.15, 0.2) is 11.2 Å². The number of aromatic amines is 1. The second-order valence-electron chi connectivity index (χ2n) is 4.96. The van der Waals surface area contributed by atoms with Crippen LogP contribution in [0.2, 0.25) is 0 Å². The average Bonchev–Trinajstić information content (AvgIpc) is 2.91. The minimum Gasteiger partial charge on any atom is -0.396 e. The van der Waals surface area contributed by atoms with Crippen LogP contribution in [0.25, 0.3) is 11.2 Å². The summed E-state index contributed by atoms with van der Waals surface area (Å²) >= 11 is 0. The first-order valence-corrected chi connectivity index (χ1v) is 6.23. The molecule has 3 atom stereocenters. The van der Waals surface area contributed by atoms with Crippen molar-refractivity contribution < 1.29 is 10.2 Å². The lowest BCUT2D eigenvalue weighted by molar-refractivity contribution is 0.101. The lowest BCUT2D eigenvalue weighted by Gasteiger charge is -2.15. The Morgan fingerprint density at radius 3 is 3.00 bits per heavy atom. The monoisotopic (exact) mass is 277 g/mol. The van der Waals surface area contributed by atoms with E-state index in [1.807, 2.05) is 0 Å². The third kappa shape index (κ3) is 1.73. The molecule has 0 saturated heterocycles. The standard InChI is InChI=1S/C12H15N5O3/c1-5-6(3-18)8(19)2-7(5)17-4-14-10-9(17)11(20)16-12(13)15-10/h4,6-8,18-19H,1-3H2,(H3,13,15,16,20)/t6-,7-,8-/m0/s1. The summed E-state index contributed by atoms with van der Waals surface area (Å²) in [5.41, 5.74) is 6.30. The Kier molecular flexibility index (Phi) is 2.84. The van der Waals surface area contributed by atoms with E-state index in [4.69, 9.17) is 5.73 Å². The molecule has 5 N–H and O–H groups in total. The molecule has 1 fully saturated rings. The number of hydrogen-bond acceptors (Lipinski definition) is 6. The Bertz CT molecular complexity index is 734. The van der Waals surface area contributed by atoms with Crippen LogP contribution in [0.1, 0.15) is 12.5 Å². The highest BCUT2D eigenvalue weighted by Crippen LogP contribution is 2.39. The molecule has 1 aliphatic rings. The molecule has 2 aromatic heterocycles. The topological polar surface area (TPSA) is 130 Å². The number of aliphatic hydroxyl groups is 2. The van der Waals surface area contributed by atoms with Crippen molar-refractivity contribution in [3.63, 3.8) is 0 Å². The number of aromatic nitrogens is 4. The summed E-state index contributed by atoms with van der Waals surface area (Å²) in [6, 6.07) is -0.293. The van der Waals surface area contributed by atoms with E-state index >= 15 is 0 Å². The van der Waals surface area contributed by atoms with Gasteiger partial charge in [-0.15, -0.1) is 0 Å². The first-order valence-electron chi connectivity index (χ1n) is 6.23. The molecule has 1 saturated carbocycles. The molecule has 0 radical (unpaired) electrons. The van der Waals surface area contributed by atoms with E-state index in [0.29, 0.717) is 12.0 Å². The van der Waals surface area contributed by atoms with Crippen molar-refractivity contribution in [1.29, 1.82) is 0 Å². The molecular formula is C12H15N5O3. The lowest BCUT2D eigenvalue weighted by atomic mass is 10.0. The normalized spacial score (nSPS) is 26.5. The van der Waals surface area contributed by atoms with Crippen LogP contribution < -0.4 is 11.3 Å². The molecule has 20 heavy (non-hydrogen) atoms. The number of nitrogens with two attached hydrogens (primary N) is 1. The zero-order valence-corrected chi connectivity index (χ0v) is 10.7. The highest BCUT2D eigenvalue weighted by molar-refractivity contribution is 5.71. The van der Waals surface area contributed by atoms with Crippen LogP contribution in [0, 0.1) is 5.92 Å². The Hall–Kier alpha value is -2.19. The fourth-order valence-corrected chi connectivity index (χ4v) is 2.78. The molecule has 8 heteroatoms. The van der Waals surface area contributed by atoms with E-state index in [9.17, 15) is 15.0 Å². The summed E-state index contributed by atoms with van der Waals surface area (Å²) in [6.45, 7) is 3.75. The number of anilines is 1. The van der Waals surface area contributed by atoms with Crippen molar-refractivity contribution in [2.24, 2.45) is 5.92 Å². The zero-order valence-electron chi connectivity index (χ0n) is 10.7. The van der Waals surface area contributed by atoms with E-state index < -0.39 is 12.0 Å². The van der Waals surface area contributed by atoms with Gasteiger partial charge in [-0.1, -0.05) is 6.58 Å². The molecule has 1 aliphatic carbocycles. The Balaban J connectivity index is 2.12. The van der Waals surface area contributed by atoms with Gasteiger partial charge in [0, 0.05) is 5.92 Å². The van der Waals surface area contributed by atoms with E-state index in [2.05, 4.69) is 21.5 Å². The van der Waals surface area contributed by atoms with E-state index in [0.717, 1.165) is 0 Å². The van der Waals surface area contributed by atoms with E-state index in [1.165, 1.54) is 6.33 Å². The number of imidazole rings is 1. The molecule has 0 amide bonds. The van der Waals surface area contributed by atoms with Gasteiger partial charge in [-0.25, -0.2) is 4.98 Å². The van der Waals surface area contributed by atoms with Gasteiger partial charge in [-0.05, 0) is 12.0 Å². The molecule has 2 aromatic rings. The number of H-pyrrole nitrogens is 1. The molecular weight excluding hydrogens is 262 g/mol. The second kappa shape index (κ2) is 4.43. The van der Waals surface area contributed by atoms with Crippen molar-refractivity contribution in [2.75, 3.05) is 12.3 Å². The molecule has 0 spiro atoms. The van der Waals surface area contributed by atoms with Gasteiger partial charge in [-0.3, -0.25) is 9.78 Å². The summed E-state index contributed by atoms with van der Waals surface area (Å²) in [7, 11) is 0. The van der Waals surface area contributed by atoms with Crippen molar-refractivity contribution in [1.82, 2.24) is 19.5 Å². The minimum atomic E-state index is -0.684. The number of nitrogens with one attached hydrogen (secondary N) is 1. The van der Waals surface area contributed by atoms with Crippen LogP contribution in [0.15, 0.2) is 23.3 Å². The maximum atomic E-state index is 12.0. The van der Waals surface area contributed by atoms with Crippen molar-refractivity contribution in [3.05, 3.63) is 28.8 Å². The molecule has 0 unspecified atom stereocenters. The van der Waals surface area contributed by atoms with Gasteiger partial charge in [-0.2, -0.15) is 4.98 Å². The third-order valence-electron chi connectivity index (χ3n) is 3.82. The largest absolute Gasteiger partial charge is 0.396 e. The summed E-state index contributed by atoms with van der Waals surface area (Å²) < 4.78 is 1.63. The summed E-state index contributed by atoms with van der Waals surface area (Å²) in [5, 5.41) is 19.2. The lowest BCUT2D eigenvalue weighted by Crippen LogP contribution is -2.18. The number of rotatable bonds is 2. The van der Waals surface area contributed by atoms with Crippen molar-refractivity contribution in [2.45, 2.75) is 18.6 Å². The molecule has 2 heterocycles. The van der Waals surface area contributed by atoms with E-state index in [1.54, 1.807) is 4.57 Å². The Morgan fingerprint density at radius 2 is 2.35 bits per heavy atom. The quantitative estimate of drug-likeness (QED) is 0.530.